The van der Waals surface area contributed by atoms with Gasteiger partial charge in [-0.3, -0.25) is 4.79 Å². The second-order valence-electron chi connectivity index (χ2n) is 4.58. The highest BCUT2D eigenvalue weighted by atomic mass is 16.5. The van der Waals surface area contributed by atoms with Crippen LogP contribution in [0.25, 0.3) is 0 Å². The molecular formula is C12H22N4O2. The van der Waals surface area contributed by atoms with Gasteiger partial charge in [0.25, 0.3) is 5.91 Å². The Labute approximate surface area is 108 Å². The molecule has 0 fully saturated rings. The molecule has 6 heteroatoms. The van der Waals surface area contributed by atoms with Gasteiger partial charge in [0, 0.05) is 13.7 Å². The van der Waals surface area contributed by atoms with Crippen molar-refractivity contribution >= 4 is 5.91 Å². The summed E-state index contributed by atoms with van der Waals surface area (Å²) in [5, 5.41) is 7.06. The second-order valence-corrected chi connectivity index (χ2v) is 4.58. The fraction of sp³-hybridized carbons (Fsp3) is 0.750. The fourth-order valence-corrected chi connectivity index (χ4v) is 1.56. The van der Waals surface area contributed by atoms with Crippen molar-refractivity contribution in [2.24, 2.45) is 0 Å². The molecule has 1 N–H and O–H groups in total. The van der Waals surface area contributed by atoms with E-state index in [1.807, 2.05) is 13.8 Å². The van der Waals surface area contributed by atoms with E-state index in [2.05, 4.69) is 15.4 Å². The van der Waals surface area contributed by atoms with Gasteiger partial charge in [-0.05, 0) is 27.2 Å². The molecule has 0 aliphatic rings. The largest absolute Gasteiger partial charge is 0.369 e. The van der Waals surface area contributed by atoms with Crippen LogP contribution in [-0.4, -0.2) is 33.4 Å². The maximum atomic E-state index is 12.1. The molecule has 0 spiro atoms. The van der Waals surface area contributed by atoms with Crippen LogP contribution >= 0.6 is 0 Å². The van der Waals surface area contributed by atoms with E-state index in [4.69, 9.17) is 4.74 Å². The summed E-state index contributed by atoms with van der Waals surface area (Å²) in [5.41, 5.74) is -0.843. The summed E-state index contributed by atoms with van der Waals surface area (Å²) in [6.45, 7) is 8.19. The minimum absolute atomic E-state index is 0.144. The number of carbonyl (C=O) groups is 1. The van der Waals surface area contributed by atoms with Gasteiger partial charge in [-0.15, -0.1) is 0 Å². The number of rotatable bonds is 6. The maximum absolute atomic E-state index is 12.1. The highest BCUT2D eigenvalue weighted by Crippen LogP contribution is 2.16. The molecule has 102 valence electrons. The van der Waals surface area contributed by atoms with Crippen molar-refractivity contribution in [2.75, 3.05) is 7.11 Å². The average Bonchev–Trinajstić information content (AvgIpc) is 2.83. The zero-order valence-electron chi connectivity index (χ0n) is 11.7. The Kier molecular flexibility index (Phi) is 4.84. The molecule has 0 saturated carbocycles. The van der Waals surface area contributed by atoms with E-state index in [9.17, 15) is 4.79 Å². The molecule has 0 aliphatic heterocycles. The third kappa shape index (κ3) is 3.07. The quantitative estimate of drug-likeness (QED) is 0.830. The maximum Gasteiger partial charge on any atom is 0.252 e. The van der Waals surface area contributed by atoms with Crippen molar-refractivity contribution < 1.29 is 9.53 Å². The molecule has 1 aromatic heterocycles. The van der Waals surface area contributed by atoms with Gasteiger partial charge in [-0.25, -0.2) is 9.67 Å². The SMILES string of the molecule is CCC(NC(=O)C(C)(C)OC)c1ncnn1CC. The predicted octanol–water partition coefficient (Wildman–Crippen LogP) is 1.29. The molecule has 1 atom stereocenters. The van der Waals surface area contributed by atoms with Gasteiger partial charge < -0.3 is 10.1 Å². The molecule has 1 heterocycles. The molecule has 0 saturated heterocycles. The Bertz CT molecular complexity index is 401. The molecular weight excluding hydrogens is 232 g/mol. The lowest BCUT2D eigenvalue weighted by Gasteiger charge is -2.25. The van der Waals surface area contributed by atoms with Gasteiger partial charge >= 0.3 is 0 Å². The van der Waals surface area contributed by atoms with Gasteiger partial charge in [-0.1, -0.05) is 6.92 Å². The number of aryl methyl sites for hydroxylation is 1. The third-order valence-corrected chi connectivity index (χ3v) is 3.03. The molecule has 1 rings (SSSR count). The molecule has 0 radical (unpaired) electrons. The number of methoxy groups -OCH3 is 1. The number of aromatic nitrogens is 3. The zero-order chi connectivity index (χ0) is 13.8. The van der Waals surface area contributed by atoms with Crippen molar-refractivity contribution in [2.45, 2.75) is 52.3 Å². The lowest BCUT2D eigenvalue weighted by atomic mass is 10.1. The molecule has 0 aromatic carbocycles. The normalized spacial score (nSPS) is 13.4. The van der Waals surface area contributed by atoms with Gasteiger partial charge in [0.15, 0.2) is 0 Å². The summed E-state index contributed by atoms with van der Waals surface area (Å²) in [7, 11) is 1.52. The van der Waals surface area contributed by atoms with Crippen LogP contribution in [0, 0.1) is 0 Å². The van der Waals surface area contributed by atoms with E-state index < -0.39 is 5.60 Å². The number of carbonyl (C=O) groups excluding carboxylic acids is 1. The van der Waals surface area contributed by atoms with Gasteiger partial charge in [0.2, 0.25) is 0 Å². The van der Waals surface area contributed by atoms with E-state index in [-0.39, 0.29) is 11.9 Å². The Morgan fingerprint density at radius 2 is 2.22 bits per heavy atom. The van der Waals surface area contributed by atoms with Crippen LogP contribution in [0.5, 0.6) is 0 Å². The van der Waals surface area contributed by atoms with E-state index >= 15 is 0 Å². The smallest absolute Gasteiger partial charge is 0.252 e. The van der Waals surface area contributed by atoms with Crippen molar-refractivity contribution in [3.63, 3.8) is 0 Å². The molecule has 1 unspecified atom stereocenters. The Balaban J connectivity index is 2.83. The third-order valence-electron chi connectivity index (χ3n) is 3.03. The molecule has 6 nitrogen and oxygen atoms in total. The zero-order valence-corrected chi connectivity index (χ0v) is 11.7. The van der Waals surface area contributed by atoms with Gasteiger partial charge in [0.1, 0.15) is 17.8 Å². The van der Waals surface area contributed by atoms with Crippen LogP contribution in [-0.2, 0) is 16.1 Å². The molecule has 1 amide bonds. The predicted molar refractivity (Wildman–Crippen MR) is 68.0 cm³/mol. The van der Waals surface area contributed by atoms with E-state index in [0.717, 1.165) is 18.8 Å². The first-order chi connectivity index (χ1) is 8.46. The van der Waals surface area contributed by atoms with Crippen LogP contribution in [0.1, 0.15) is 46.0 Å². The Morgan fingerprint density at radius 1 is 1.56 bits per heavy atom. The first kappa shape index (κ1) is 14.6. The highest BCUT2D eigenvalue weighted by Gasteiger charge is 2.30. The first-order valence-electron chi connectivity index (χ1n) is 6.20. The summed E-state index contributed by atoms with van der Waals surface area (Å²) in [6, 6.07) is -0.144. The monoisotopic (exact) mass is 254 g/mol. The summed E-state index contributed by atoms with van der Waals surface area (Å²) in [5.74, 6) is 0.628. The van der Waals surface area contributed by atoms with Crippen LogP contribution in [0.15, 0.2) is 6.33 Å². The molecule has 18 heavy (non-hydrogen) atoms. The lowest BCUT2D eigenvalue weighted by molar-refractivity contribution is -0.140. The Hall–Kier alpha value is -1.43. The number of hydrogen-bond donors (Lipinski definition) is 1. The average molecular weight is 254 g/mol. The van der Waals surface area contributed by atoms with Crippen molar-refractivity contribution in [1.82, 2.24) is 20.1 Å². The van der Waals surface area contributed by atoms with Crippen molar-refractivity contribution in [1.29, 1.82) is 0 Å². The summed E-state index contributed by atoms with van der Waals surface area (Å²) >= 11 is 0. The topological polar surface area (TPSA) is 69.0 Å². The van der Waals surface area contributed by atoms with Gasteiger partial charge in [0.05, 0.1) is 6.04 Å². The van der Waals surface area contributed by atoms with E-state index in [1.54, 1.807) is 18.5 Å². The van der Waals surface area contributed by atoms with Crippen LogP contribution < -0.4 is 5.32 Å². The van der Waals surface area contributed by atoms with Crippen LogP contribution in [0.3, 0.4) is 0 Å². The Morgan fingerprint density at radius 3 is 2.72 bits per heavy atom. The van der Waals surface area contributed by atoms with Gasteiger partial charge in [-0.2, -0.15) is 5.10 Å². The fourth-order valence-electron chi connectivity index (χ4n) is 1.56. The summed E-state index contributed by atoms with van der Waals surface area (Å²) in [6.07, 6.45) is 2.26. The van der Waals surface area contributed by atoms with Crippen LogP contribution in [0.2, 0.25) is 0 Å². The lowest BCUT2D eigenvalue weighted by Crippen LogP contribution is -2.45. The minimum atomic E-state index is -0.843. The molecule has 0 aliphatic carbocycles. The van der Waals surface area contributed by atoms with Crippen molar-refractivity contribution in [3.05, 3.63) is 12.2 Å². The second kappa shape index (κ2) is 5.95. The number of hydrogen-bond acceptors (Lipinski definition) is 4. The van der Waals surface area contributed by atoms with Crippen molar-refractivity contribution in [3.8, 4) is 0 Å². The highest BCUT2D eigenvalue weighted by molar-refractivity contribution is 5.84. The molecule has 0 bridgehead atoms. The number of nitrogens with one attached hydrogen (secondary N) is 1. The minimum Gasteiger partial charge on any atom is -0.369 e. The molecule has 1 aromatic rings. The number of amides is 1. The number of nitrogens with zero attached hydrogens (tertiary/aromatic N) is 3. The number of ether oxygens (including phenoxy) is 1. The van der Waals surface area contributed by atoms with E-state index in [1.165, 1.54) is 13.4 Å². The summed E-state index contributed by atoms with van der Waals surface area (Å²) in [4.78, 5) is 16.3. The van der Waals surface area contributed by atoms with E-state index in [0.29, 0.717) is 0 Å². The van der Waals surface area contributed by atoms with Crippen LogP contribution in [0.4, 0.5) is 0 Å². The standard InChI is InChI=1S/C12H22N4O2/c1-6-9(10-13-8-14-16(10)7-2)15-11(17)12(3,4)18-5/h8-9H,6-7H2,1-5H3,(H,15,17). The summed E-state index contributed by atoms with van der Waals surface area (Å²) < 4.78 is 6.95. The first-order valence-corrected chi connectivity index (χ1v) is 6.20.